The summed E-state index contributed by atoms with van der Waals surface area (Å²) < 4.78 is 46.9. The van der Waals surface area contributed by atoms with Gasteiger partial charge in [0.15, 0.2) is 0 Å². The van der Waals surface area contributed by atoms with E-state index >= 15 is 0 Å². The number of amides is 1. The predicted octanol–water partition coefficient (Wildman–Crippen LogP) is 4.57. The van der Waals surface area contributed by atoms with E-state index in [9.17, 15) is 17.6 Å². The number of carbonyl (C=O) groups excluding carboxylic acids is 1. The maximum atomic E-state index is 13.1. The summed E-state index contributed by atoms with van der Waals surface area (Å²) in [5, 5.41) is 7.93. The number of fused-ring (bicyclic) bond motifs is 1. The van der Waals surface area contributed by atoms with Crippen molar-refractivity contribution < 1.29 is 22.3 Å². The Morgan fingerprint density at radius 3 is 2.26 bits per heavy atom. The minimum atomic E-state index is -3.48. The highest BCUT2D eigenvalue weighted by molar-refractivity contribution is 7.92. The topological polar surface area (TPSA) is 102 Å². The first-order chi connectivity index (χ1) is 16.7. The normalized spacial score (nSPS) is 13.6. The Morgan fingerprint density at radius 1 is 1.06 bits per heavy atom. The Morgan fingerprint density at radius 2 is 1.69 bits per heavy atom. The van der Waals surface area contributed by atoms with Crippen LogP contribution in [-0.4, -0.2) is 37.4 Å². The molecule has 5 rings (SSSR count). The third kappa shape index (κ3) is 4.83. The van der Waals surface area contributed by atoms with Crippen molar-refractivity contribution in [1.29, 1.82) is 0 Å². The number of carbonyl (C=O) groups is 1. The van der Waals surface area contributed by atoms with Gasteiger partial charge in [-0.25, -0.2) is 17.5 Å². The smallest absolute Gasteiger partial charge is 0.270 e. The van der Waals surface area contributed by atoms with Crippen molar-refractivity contribution in [2.75, 3.05) is 18.0 Å². The highest BCUT2D eigenvalue weighted by Gasteiger charge is 2.29. The average molecular weight is 495 g/mol. The third-order valence-corrected chi connectivity index (χ3v) is 6.32. The number of rotatable bonds is 7. The Kier molecular flexibility index (Phi) is 5.68. The molecule has 1 fully saturated rings. The van der Waals surface area contributed by atoms with Crippen LogP contribution in [0.25, 0.3) is 16.6 Å². The molecule has 0 saturated heterocycles. The number of anilines is 1. The largest absolute Gasteiger partial charge is 0.457 e. The zero-order chi connectivity index (χ0) is 24.7. The van der Waals surface area contributed by atoms with Crippen molar-refractivity contribution in [3.05, 3.63) is 77.7 Å². The van der Waals surface area contributed by atoms with E-state index < -0.39 is 10.0 Å². The summed E-state index contributed by atoms with van der Waals surface area (Å²) in [5.74, 6) is 0.611. The summed E-state index contributed by atoms with van der Waals surface area (Å²) in [6.45, 7) is 0. The molecule has 1 heterocycles. The number of sulfonamides is 1. The van der Waals surface area contributed by atoms with Gasteiger partial charge in [0.1, 0.15) is 23.0 Å². The molecule has 0 radical (unpaired) electrons. The summed E-state index contributed by atoms with van der Waals surface area (Å²) in [6, 6.07) is 16.2. The lowest BCUT2D eigenvalue weighted by atomic mass is 10.0. The van der Waals surface area contributed by atoms with E-state index in [0.717, 1.165) is 24.7 Å². The zero-order valence-corrected chi connectivity index (χ0v) is 19.9. The highest BCUT2D eigenvalue weighted by atomic mass is 32.2. The van der Waals surface area contributed by atoms with Gasteiger partial charge in [-0.1, -0.05) is 0 Å². The molecule has 0 spiro atoms. The molecule has 2 N–H and O–H groups in total. The number of halogens is 1. The fourth-order valence-electron chi connectivity index (χ4n) is 3.99. The summed E-state index contributed by atoms with van der Waals surface area (Å²) in [4.78, 5) is 12.9. The van der Waals surface area contributed by atoms with Gasteiger partial charge in [0.2, 0.25) is 10.0 Å². The molecule has 1 aliphatic rings. The lowest BCUT2D eigenvalue weighted by Gasteiger charge is -2.11. The quantitative estimate of drug-likeness (QED) is 0.392. The minimum absolute atomic E-state index is 0.243. The van der Waals surface area contributed by atoms with E-state index in [1.807, 2.05) is 6.07 Å². The molecule has 0 unspecified atom stereocenters. The molecule has 0 bridgehead atoms. The fraction of sp³-hybridized carbons (Fsp3) is 0.200. The average Bonchev–Trinajstić information content (AvgIpc) is 3.60. The summed E-state index contributed by atoms with van der Waals surface area (Å²) in [7, 11) is -1.93. The minimum Gasteiger partial charge on any atom is -0.457 e. The zero-order valence-electron chi connectivity index (χ0n) is 19.1. The molecule has 1 aliphatic carbocycles. The van der Waals surface area contributed by atoms with Gasteiger partial charge >= 0.3 is 0 Å². The maximum absolute atomic E-state index is 13.1. The van der Waals surface area contributed by atoms with E-state index in [0.29, 0.717) is 39.5 Å². The van der Waals surface area contributed by atoms with Crippen LogP contribution in [0.15, 0.2) is 60.7 Å². The number of aromatic nitrogens is 2. The molecule has 8 nitrogen and oxygen atoms in total. The maximum Gasteiger partial charge on any atom is 0.270 e. The Labute approximate surface area is 201 Å². The molecule has 1 amide bonds. The van der Waals surface area contributed by atoms with E-state index in [1.165, 1.54) is 28.9 Å². The fourth-order valence-corrected chi connectivity index (χ4v) is 4.56. The summed E-state index contributed by atoms with van der Waals surface area (Å²) >= 11 is 0. The van der Waals surface area contributed by atoms with Crippen molar-refractivity contribution in [2.45, 2.75) is 18.8 Å². The van der Waals surface area contributed by atoms with Crippen LogP contribution in [0, 0.1) is 5.82 Å². The van der Waals surface area contributed by atoms with Crippen LogP contribution in [0.5, 0.6) is 11.5 Å². The van der Waals surface area contributed by atoms with E-state index in [2.05, 4.69) is 15.1 Å². The molecule has 1 saturated carbocycles. The lowest BCUT2D eigenvalue weighted by molar-refractivity contribution is 0.0957. The van der Waals surface area contributed by atoms with Gasteiger partial charge in [-0.05, 0) is 85.0 Å². The molecule has 1 aromatic heterocycles. The van der Waals surface area contributed by atoms with Crippen LogP contribution >= 0.6 is 0 Å². The molecule has 180 valence electrons. The third-order valence-electron chi connectivity index (χ3n) is 5.73. The molecule has 10 heteroatoms. The number of hydrogen-bond donors (Lipinski definition) is 2. The summed E-state index contributed by atoms with van der Waals surface area (Å²) in [5.41, 5.74) is 2.81. The van der Waals surface area contributed by atoms with Crippen LogP contribution in [-0.2, 0) is 10.0 Å². The van der Waals surface area contributed by atoms with E-state index in [-0.39, 0.29) is 17.6 Å². The van der Waals surface area contributed by atoms with Crippen molar-refractivity contribution in [3.63, 3.8) is 0 Å². The molecule has 0 atom stereocenters. The number of hydrogen-bond acceptors (Lipinski definition) is 5. The first-order valence-corrected chi connectivity index (χ1v) is 12.9. The number of ether oxygens (including phenoxy) is 1. The number of nitrogens with zero attached hydrogens (tertiary/aromatic N) is 2. The Hall–Kier alpha value is -3.92. The van der Waals surface area contributed by atoms with Crippen molar-refractivity contribution in [2.24, 2.45) is 0 Å². The first kappa shape index (κ1) is 22.9. The van der Waals surface area contributed by atoms with E-state index in [1.54, 1.807) is 37.4 Å². The van der Waals surface area contributed by atoms with Gasteiger partial charge in [-0.2, -0.15) is 5.10 Å². The second-order valence-electron chi connectivity index (χ2n) is 8.49. The van der Waals surface area contributed by atoms with Gasteiger partial charge in [-0.3, -0.25) is 9.52 Å². The molecule has 3 aromatic carbocycles. The monoisotopic (exact) mass is 494 g/mol. The van der Waals surface area contributed by atoms with Crippen LogP contribution in [0.3, 0.4) is 0 Å². The lowest BCUT2D eigenvalue weighted by Crippen LogP contribution is -2.21. The van der Waals surface area contributed by atoms with Crippen LogP contribution in [0.4, 0.5) is 10.1 Å². The first-order valence-electron chi connectivity index (χ1n) is 11.0. The van der Waals surface area contributed by atoms with Crippen molar-refractivity contribution >= 4 is 32.5 Å². The second-order valence-corrected chi connectivity index (χ2v) is 10.2. The highest BCUT2D eigenvalue weighted by Crippen LogP contribution is 2.45. The SMILES string of the molecule is CNC(=O)c1c2cc(C3CC3)c(NS(C)(=O)=O)cc2nn1-c1ccc(Oc2ccc(F)cc2)cc1. The van der Waals surface area contributed by atoms with Crippen LogP contribution in [0.2, 0.25) is 0 Å². The summed E-state index contributed by atoms with van der Waals surface area (Å²) in [6.07, 6.45) is 3.03. The number of nitrogens with one attached hydrogen (secondary N) is 2. The van der Waals surface area contributed by atoms with Gasteiger partial charge in [0.05, 0.1) is 23.1 Å². The Balaban J connectivity index is 1.57. The second kappa shape index (κ2) is 8.70. The molecule has 0 aliphatic heterocycles. The Bertz CT molecular complexity index is 1530. The molecular formula is C25H23FN4O4S. The van der Waals surface area contributed by atoms with E-state index in [4.69, 9.17) is 4.74 Å². The van der Waals surface area contributed by atoms with Gasteiger partial charge in [-0.15, -0.1) is 0 Å². The van der Waals surface area contributed by atoms with Gasteiger partial charge in [0, 0.05) is 12.4 Å². The van der Waals surface area contributed by atoms with Crippen LogP contribution < -0.4 is 14.8 Å². The molecular weight excluding hydrogens is 471 g/mol. The van der Waals surface area contributed by atoms with Crippen LogP contribution in [0.1, 0.15) is 34.8 Å². The van der Waals surface area contributed by atoms with Gasteiger partial charge < -0.3 is 10.1 Å². The van der Waals surface area contributed by atoms with Crippen molar-refractivity contribution in [1.82, 2.24) is 15.1 Å². The predicted molar refractivity (Wildman–Crippen MR) is 131 cm³/mol. The molecule has 35 heavy (non-hydrogen) atoms. The standard InChI is InChI=1S/C25H23FN4O4S/c1-27-25(31)24-21-13-20(15-3-4-15)23(29-35(2,32)33)14-22(21)28-30(24)17-7-11-19(12-8-17)34-18-9-5-16(26)6-10-18/h5-15,29H,3-4H2,1-2H3,(H,27,31). The van der Waals surface area contributed by atoms with Gasteiger partial charge in [0.25, 0.3) is 5.91 Å². The number of benzene rings is 3. The molecule has 4 aromatic rings. The van der Waals surface area contributed by atoms with Crippen molar-refractivity contribution in [3.8, 4) is 17.2 Å².